The van der Waals surface area contributed by atoms with Crippen molar-refractivity contribution in [1.82, 2.24) is 5.32 Å². The Hall–Kier alpha value is -1.15. The third kappa shape index (κ3) is 3.90. The SMILES string of the molecule is CC(NCC(F)(F)F)(C(N)=O)c1ccc(F)cc1Br. The number of benzene rings is 1. The lowest BCUT2D eigenvalue weighted by molar-refractivity contribution is -0.135. The zero-order valence-corrected chi connectivity index (χ0v) is 11.4. The lowest BCUT2D eigenvalue weighted by atomic mass is 9.91. The Morgan fingerprint density at radius 1 is 1.42 bits per heavy atom. The van der Waals surface area contributed by atoms with Crippen molar-refractivity contribution in [3.8, 4) is 0 Å². The molecule has 1 atom stereocenters. The largest absolute Gasteiger partial charge is 0.401 e. The van der Waals surface area contributed by atoms with Crippen molar-refractivity contribution in [2.75, 3.05) is 6.54 Å². The average Bonchev–Trinajstić information content (AvgIpc) is 2.24. The molecular formula is C11H11BrF4N2O. The molecule has 3 N–H and O–H groups in total. The molecule has 1 rings (SSSR count). The predicted molar refractivity (Wildman–Crippen MR) is 64.7 cm³/mol. The van der Waals surface area contributed by atoms with E-state index in [2.05, 4.69) is 21.2 Å². The Kier molecular flexibility index (Phi) is 4.57. The van der Waals surface area contributed by atoms with Gasteiger partial charge in [0.1, 0.15) is 11.4 Å². The van der Waals surface area contributed by atoms with Crippen molar-refractivity contribution in [2.45, 2.75) is 18.6 Å². The quantitative estimate of drug-likeness (QED) is 0.826. The minimum absolute atomic E-state index is 0.130. The summed E-state index contributed by atoms with van der Waals surface area (Å²) in [5.41, 5.74) is 3.52. The van der Waals surface area contributed by atoms with E-state index in [0.717, 1.165) is 12.1 Å². The van der Waals surface area contributed by atoms with E-state index in [9.17, 15) is 22.4 Å². The monoisotopic (exact) mass is 342 g/mol. The number of carbonyl (C=O) groups is 1. The first-order valence-corrected chi connectivity index (χ1v) is 5.93. The number of carbonyl (C=O) groups excluding carboxylic acids is 1. The molecule has 0 aliphatic rings. The molecule has 0 spiro atoms. The van der Waals surface area contributed by atoms with E-state index in [0.29, 0.717) is 0 Å². The summed E-state index contributed by atoms with van der Waals surface area (Å²) < 4.78 is 49.9. The molecule has 19 heavy (non-hydrogen) atoms. The van der Waals surface area contributed by atoms with E-state index in [1.165, 1.54) is 13.0 Å². The summed E-state index contributed by atoms with van der Waals surface area (Å²) in [5.74, 6) is -1.58. The van der Waals surface area contributed by atoms with Gasteiger partial charge in [0.2, 0.25) is 5.91 Å². The van der Waals surface area contributed by atoms with Crippen molar-refractivity contribution in [2.24, 2.45) is 5.73 Å². The Morgan fingerprint density at radius 3 is 2.42 bits per heavy atom. The van der Waals surface area contributed by atoms with Crippen LogP contribution in [0.25, 0.3) is 0 Å². The number of alkyl halides is 3. The highest BCUT2D eigenvalue weighted by molar-refractivity contribution is 9.10. The summed E-state index contributed by atoms with van der Waals surface area (Å²) in [4.78, 5) is 11.5. The zero-order valence-electron chi connectivity index (χ0n) is 9.81. The van der Waals surface area contributed by atoms with Crippen LogP contribution in [0.4, 0.5) is 17.6 Å². The van der Waals surface area contributed by atoms with Gasteiger partial charge in [-0.05, 0) is 24.6 Å². The molecule has 0 aliphatic carbocycles. The van der Waals surface area contributed by atoms with E-state index in [-0.39, 0.29) is 10.0 Å². The Morgan fingerprint density at radius 2 is 2.00 bits per heavy atom. The highest BCUT2D eigenvalue weighted by atomic mass is 79.9. The molecule has 8 heteroatoms. The molecule has 1 amide bonds. The van der Waals surface area contributed by atoms with Gasteiger partial charge in [-0.1, -0.05) is 22.0 Å². The van der Waals surface area contributed by atoms with Gasteiger partial charge in [0.25, 0.3) is 0 Å². The summed E-state index contributed by atoms with van der Waals surface area (Å²) >= 11 is 3.00. The molecule has 1 aromatic rings. The Labute approximate surface area is 115 Å². The second kappa shape index (κ2) is 5.46. The fourth-order valence-electron chi connectivity index (χ4n) is 1.49. The summed E-state index contributed by atoms with van der Waals surface area (Å²) in [6, 6.07) is 3.29. The first-order valence-electron chi connectivity index (χ1n) is 5.13. The van der Waals surface area contributed by atoms with E-state index in [1.807, 2.05) is 0 Å². The first-order chi connectivity index (χ1) is 8.56. The number of rotatable bonds is 4. The van der Waals surface area contributed by atoms with Crippen molar-refractivity contribution in [1.29, 1.82) is 0 Å². The lowest BCUT2D eigenvalue weighted by Crippen LogP contribution is -2.53. The fraction of sp³-hybridized carbons (Fsp3) is 0.364. The van der Waals surface area contributed by atoms with Crippen LogP contribution in [0, 0.1) is 5.82 Å². The maximum absolute atomic E-state index is 13.0. The molecule has 1 unspecified atom stereocenters. The van der Waals surface area contributed by atoms with Gasteiger partial charge in [-0.3, -0.25) is 10.1 Å². The summed E-state index contributed by atoms with van der Waals surface area (Å²) in [7, 11) is 0. The summed E-state index contributed by atoms with van der Waals surface area (Å²) in [5, 5.41) is 2.06. The highest BCUT2D eigenvalue weighted by Crippen LogP contribution is 2.30. The van der Waals surface area contributed by atoms with Crippen LogP contribution in [-0.2, 0) is 10.3 Å². The van der Waals surface area contributed by atoms with Crippen molar-refractivity contribution in [3.05, 3.63) is 34.1 Å². The van der Waals surface area contributed by atoms with Gasteiger partial charge in [-0.15, -0.1) is 0 Å². The third-order valence-electron chi connectivity index (χ3n) is 2.60. The first kappa shape index (κ1) is 15.9. The minimum atomic E-state index is -4.50. The molecule has 0 aliphatic heterocycles. The molecule has 1 aromatic carbocycles. The second-order valence-corrected chi connectivity index (χ2v) is 4.94. The summed E-state index contributed by atoms with van der Waals surface area (Å²) in [6.07, 6.45) is -4.50. The standard InChI is InChI=1S/C11H11BrF4N2O/c1-10(9(17)19,18-5-11(14,15)16)7-3-2-6(13)4-8(7)12/h2-4,18H,5H2,1H3,(H2,17,19). The van der Waals surface area contributed by atoms with Crippen LogP contribution >= 0.6 is 15.9 Å². The number of nitrogens with one attached hydrogen (secondary N) is 1. The summed E-state index contributed by atoms with van der Waals surface area (Å²) in [6.45, 7) is -0.185. The minimum Gasteiger partial charge on any atom is -0.368 e. The number of hydrogen-bond acceptors (Lipinski definition) is 2. The number of halogens is 5. The van der Waals surface area contributed by atoms with Crippen LogP contribution in [-0.4, -0.2) is 18.6 Å². The van der Waals surface area contributed by atoms with Gasteiger partial charge in [-0.2, -0.15) is 13.2 Å². The fourth-order valence-corrected chi connectivity index (χ4v) is 2.23. The van der Waals surface area contributed by atoms with Crippen LogP contribution < -0.4 is 11.1 Å². The van der Waals surface area contributed by atoms with Crippen molar-refractivity contribution in [3.63, 3.8) is 0 Å². The number of nitrogens with two attached hydrogens (primary N) is 1. The molecular weight excluding hydrogens is 332 g/mol. The zero-order chi connectivity index (χ0) is 14.8. The maximum Gasteiger partial charge on any atom is 0.401 e. The number of amides is 1. The normalized spacial score (nSPS) is 15.1. The van der Waals surface area contributed by atoms with Crippen LogP contribution in [0.5, 0.6) is 0 Å². The van der Waals surface area contributed by atoms with Gasteiger partial charge in [0.15, 0.2) is 0 Å². The predicted octanol–water partition coefficient (Wildman–Crippen LogP) is 2.44. The molecule has 0 aromatic heterocycles. The molecule has 0 radical (unpaired) electrons. The molecule has 0 saturated carbocycles. The van der Waals surface area contributed by atoms with Crippen LogP contribution in [0.15, 0.2) is 22.7 Å². The topological polar surface area (TPSA) is 55.1 Å². The number of hydrogen-bond donors (Lipinski definition) is 2. The molecule has 0 fully saturated rings. The Balaban J connectivity index is 3.15. The van der Waals surface area contributed by atoms with Crippen LogP contribution in [0.2, 0.25) is 0 Å². The third-order valence-corrected chi connectivity index (χ3v) is 3.26. The van der Waals surface area contributed by atoms with E-state index < -0.39 is 30.0 Å². The molecule has 0 saturated heterocycles. The van der Waals surface area contributed by atoms with Gasteiger partial charge >= 0.3 is 6.18 Å². The van der Waals surface area contributed by atoms with Crippen LogP contribution in [0.1, 0.15) is 12.5 Å². The van der Waals surface area contributed by atoms with Gasteiger partial charge < -0.3 is 5.73 Å². The van der Waals surface area contributed by atoms with E-state index >= 15 is 0 Å². The van der Waals surface area contributed by atoms with E-state index in [1.54, 1.807) is 0 Å². The van der Waals surface area contributed by atoms with E-state index in [4.69, 9.17) is 5.73 Å². The van der Waals surface area contributed by atoms with Gasteiger partial charge in [0.05, 0.1) is 6.54 Å². The average molecular weight is 343 g/mol. The Bertz CT molecular complexity index is 492. The van der Waals surface area contributed by atoms with Gasteiger partial charge in [-0.25, -0.2) is 4.39 Å². The van der Waals surface area contributed by atoms with Crippen molar-refractivity contribution < 1.29 is 22.4 Å². The second-order valence-electron chi connectivity index (χ2n) is 4.08. The smallest absolute Gasteiger partial charge is 0.368 e. The molecule has 0 bridgehead atoms. The number of primary amides is 1. The molecule has 106 valence electrons. The maximum atomic E-state index is 13.0. The lowest BCUT2D eigenvalue weighted by Gasteiger charge is -2.29. The van der Waals surface area contributed by atoms with Crippen LogP contribution in [0.3, 0.4) is 0 Å². The highest BCUT2D eigenvalue weighted by Gasteiger charge is 2.39. The van der Waals surface area contributed by atoms with Gasteiger partial charge in [0, 0.05) is 4.47 Å². The van der Waals surface area contributed by atoms with Crippen molar-refractivity contribution >= 4 is 21.8 Å². The molecule has 3 nitrogen and oxygen atoms in total. The molecule has 0 heterocycles.